The minimum Gasteiger partial charge on any atom is -0.356 e. The van der Waals surface area contributed by atoms with Crippen molar-refractivity contribution in [2.75, 3.05) is 36.4 Å². The third kappa shape index (κ3) is 4.03. The third-order valence-corrected chi connectivity index (χ3v) is 5.37. The van der Waals surface area contributed by atoms with Gasteiger partial charge in [-0.2, -0.15) is 4.98 Å². The van der Waals surface area contributed by atoms with Crippen molar-refractivity contribution in [3.63, 3.8) is 0 Å². The number of anilines is 2. The summed E-state index contributed by atoms with van der Waals surface area (Å²) < 4.78 is 0. The van der Waals surface area contributed by atoms with Crippen molar-refractivity contribution in [1.29, 1.82) is 0 Å². The number of fused-ring (bicyclic) bond motifs is 1. The molecule has 4 rings (SSSR count). The van der Waals surface area contributed by atoms with Crippen LogP contribution in [0.15, 0.2) is 24.3 Å². The van der Waals surface area contributed by atoms with E-state index in [1.807, 2.05) is 0 Å². The third-order valence-electron chi connectivity index (χ3n) is 5.37. The summed E-state index contributed by atoms with van der Waals surface area (Å²) in [6.45, 7) is 4.32. The number of nitrogens with zero attached hydrogens (tertiary/aromatic N) is 3. The Morgan fingerprint density at radius 1 is 0.960 bits per heavy atom. The van der Waals surface area contributed by atoms with Gasteiger partial charge in [-0.1, -0.05) is 31.4 Å². The molecule has 1 aromatic heterocycles. The molecule has 5 heteroatoms. The molecular formula is C20H29N5. The second-order valence-corrected chi connectivity index (χ2v) is 7.33. The summed E-state index contributed by atoms with van der Waals surface area (Å²) in [4.78, 5) is 12.2. The quantitative estimate of drug-likeness (QED) is 0.895. The van der Waals surface area contributed by atoms with Crippen LogP contribution in [0.1, 0.15) is 44.9 Å². The van der Waals surface area contributed by atoms with Crippen LogP contribution in [0.25, 0.3) is 10.9 Å². The Hall–Kier alpha value is -1.88. The van der Waals surface area contributed by atoms with Gasteiger partial charge in [0.2, 0.25) is 5.95 Å². The highest BCUT2D eigenvalue weighted by atomic mass is 15.2. The molecule has 2 fully saturated rings. The maximum atomic E-state index is 4.97. The minimum atomic E-state index is 0.417. The molecule has 0 saturated carbocycles. The van der Waals surface area contributed by atoms with E-state index in [1.165, 1.54) is 50.3 Å². The van der Waals surface area contributed by atoms with Gasteiger partial charge in [0.1, 0.15) is 5.82 Å². The van der Waals surface area contributed by atoms with Crippen molar-refractivity contribution in [1.82, 2.24) is 15.3 Å². The zero-order valence-corrected chi connectivity index (χ0v) is 15.0. The van der Waals surface area contributed by atoms with Gasteiger partial charge in [-0.15, -0.1) is 0 Å². The molecule has 2 aromatic rings. The summed E-state index contributed by atoms with van der Waals surface area (Å²) in [6, 6.07) is 8.84. The lowest BCUT2D eigenvalue weighted by molar-refractivity contribution is 0.631. The standard InChI is InChI=1S/C20H29N5/c1-2-8-14-25(13-7-1)19-17-10-3-4-11-18(17)23-20(24-19)22-16-9-5-6-12-21-15-16/h3-4,10-11,16,21H,1-2,5-9,12-15H2,(H,22,23,24)/t16-/m1/s1. The van der Waals surface area contributed by atoms with Crippen molar-refractivity contribution < 1.29 is 0 Å². The lowest BCUT2D eigenvalue weighted by atomic mass is 10.1. The number of nitrogens with one attached hydrogen (secondary N) is 2. The van der Waals surface area contributed by atoms with Gasteiger partial charge in [-0.25, -0.2) is 4.98 Å². The van der Waals surface area contributed by atoms with Gasteiger partial charge in [0.05, 0.1) is 5.52 Å². The molecule has 0 spiro atoms. The van der Waals surface area contributed by atoms with E-state index >= 15 is 0 Å². The van der Waals surface area contributed by atoms with Crippen molar-refractivity contribution in [3.05, 3.63) is 24.3 Å². The molecule has 0 bridgehead atoms. The number of para-hydroxylation sites is 1. The highest BCUT2D eigenvalue weighted by molar-refractivity contribution is 5.90. The van der Waals surface area contributed by atoms with Crippen molar-refractivity contribution >= 4 is 22.7 Å². The van der Waals surface area contributed by atoms with E-state index < -0.39 is 0 Å². The molecule has 134 valence electrons. The van der Waals surface area contributed by atoms with Crippen molar-refractivity contribution in [2.45, 2.75) is 51.0 Å². The Morgan fingerprint density at radius 3 is 2.68 bits per heavy atom. The Kier molecular flexibility index (Phi) is 5.31. The number of hydrogen-bond donors (Lipinski definition) is 2. The summed E-state index contributed by atoms with van der Waals surface area (Å²) >= 11 is 0. The van der Waals surface area contributed by atoms with Gasteiger partial charge in [0.15, 0.2) is 0 Å². The Morgan fingerprint density at radius 2 is 1.80 bits per heavy atom. The lowest BCUT2D eigenvalue weighted by Gasteiger charge is -2.24. The van der Waals surface area contributed by atoms with Crippen LogP contribution in [-0.4, -0.2) is 42.2 Å². The maximum absolute atomic E-state index is 4.97. The first-order valence-electron chi connectivity index (χ1n) is 9.89. The number of hydrogen-bond acceptors (Lipinski definition) is 5. The summed E-state index contributed by atoms with van der Waals surface area (Å²) in [5.41, 5.74) is 1.04. The minimum absolute atomic E-state index is 0.417. The van der Waals surface area contributed by atoms with E-state index in [1.54, 1.807) is 0 Å². The fourth-order valence-corrected chi connectivity index (χ4v) is 3.97. The smallest absolute Gasteiger partial charge is 0.225 e. The monoisotopic (exact) mass is 339 g/mol. The van der Waals surface area contributed by atoms with Gasteiger partial charge in [-0.05, 0) is 44.4 Å². The zero-order valence-electron chi connectivity index (χ0n) is 15.0. The molecule has 2 N–H and O–H groups in total. The van der Waals surface area contributed by atoms with E-state index in [2.05, 4.69) is 39.8 Å². The molecule has 1 atom stereocenters. The first kappa shape index (κ1) is 16.6. The van der Waals surface area contributed by atoms with Crippen LogP contribution in [-0.2, 0) is 0 Å². The van der Waals surface area contributed by atoms with Gasteiger partial charge < -0.3 is 15.5 Å². The average Bonchev–Trinajstić information content (AvgIpc) is 3.06. The van der Waals surface area contributed by atoms with Crippen molar-refractivity contribution in [3.8, 4) is 0 Å². The molecule has 0 aliphatic carbocycles. The molecule has 2 aliphatic heterocycles. The van der Waals surface area contributed by atoms with Gasteiger partial charge in [-0.3, -0.25) is 0 Å². The fourth-order valence-electron chi connectivity index (χ4n) is 3.97. The van der Waals surface area contributed by atoms with Crippen molar-refractivity contribution in [2.24, 2.45) is 0 Å². The number of aromatic nitrogens is 2. The van der Waals surface area contributed by atoms with E-state index in [4.69, 9.17) is 9.97 Å². The molecule has 2 aliphatic rings. The Labute approximate surface area is 150 Å². The maximum Gasteiger partial charge on any atom is 0.225 e. The van der Waals surface area contributed by atoms with Crippen LogP contribution < -0.4 is 15.5 Å². The number of rotatable bonds is 3. The molecule has 5 nitrogen and oxygen atoms in total. The molecule has 0 unspecified atom stereocenters. The summed E-state index contributed by atoms with van der Waals surface area (Å²) in [6.07, 6.45) is 8.88. The van der Waals surface area contributed by atoms with Crippen LogP contribution in [0.2, 0.25) is 0 Å². The highest BCUT2D eigenvalue weighted by Gasteiger charge is 2.18. The summed E-state index contributed by atoms with van der Waals surface area (Å²) in [7, 11) is 0. The number of benzene rings is 1. The second-order valence-electron chi connectivity index (χ2n) is 7.33. The fraction of sp³-hybridized carbons (Fsp3) is 0.600. The van der Waals surface area contributed by atoms with Gasteiger partial charge >= 0.3 is 0 Å². The normalized spacial score (nSPS) is 22.4. The highest BCUT2D eigenvalue weighted by Crippen LogP contribution is 2.27. The van der Waals surface area contributed by atoms with Crippen LogP contribution in [0.5, 0.6) is 0 Å². The average molecular weight is 339 g/mol. The van der Waals surface area contributed by atoms with E-state index in [0.717, 1.165) is 43.5 Å². The first-order chi connectivity index (χ1) is 12.4. The van der Waals surface area contributed by atoms with Crippen LogP contribution in [0.3, 0.4) is 0 Å². The van der Waals surface area contributed by atoms with Gasteiger partial charge in [0.25, 0.3) is 0 Å². The van der Waals surface area contributed by atoms with E-state index in [-0.39, 0.29) is 0 Å². The molecule has 0 amide bonds. The predicted molar refractivity (Wildman–Crippen MR) is 104 cm³/mol. The van der Waals surface area contributed by atoms with Gasteiger partial charge in [0, 0.05) is 31.1 Å². The SMILES string of the molecule is c1ccc2c(N3CCCCCC3)nc(N[C@@H]3CCCCNC3)nc2c1. The van der Waals surface area contributed by atoms with E-state index in [9.17, 15) is 0 Å². The molecular weight excluding hydrogens is 310 g/mol. The molecule has 3 heterocycles. The summed E-state index contributed by atoms with van der Waals surface area (Å²) in [5.74, 6) is 1.89. The zero-order chi connectivity index (χ0) is 16.9. The molecule has 0 radical (unpaired) electrons. The molecule has 25 heavy (non-hydrogen) atoms. The first-order valence-corrected chi connectivity index (χ1v) is 9.89. The van der Waals surface area contributed by atoms with E-state index in [0.29, 0.717) is 6.04 Å². The largest absolute Gasteiger partial charge is 0.356 e. The Bertz CT molecular complexity index is 686. The van der Waals surface area contributed by atoms with Crippen LogP contribution in [0, 0.1) is 0 Å². The topological polar surface area (TPSA) is 53.1 Å². The molecule has 2 saturated heterocycles. The molecule has 1 aromatic carbocycles. The van der Waals surface area contributed by atoms with Crippen LogP contribution >= 0.6 is 0 Å². The Balaban J connectivity index is 1.65. The summed E-state index contributed by atoms with van der Waals surface area (Å²) in [5, 5.41) is 8.28. The second kappa shape index (κ2) is 8.00. The lowest BCUT2D eigenvalue weighted by Crippen LogP contribution is -2.32. The van der Waals surface area contributed by atoms with Crippen LogP contribution in [0.4, 0.5) is 11.8 Å². The predicted octanol–water partition coefficient (Wildman–Crippen LogP) is 3.56.